The molecule has 1 unspecified atom stereocenters. The van der Waals surface area contributed by atoms with Gasteiger partial charge in [-0.05, 0) is 70.5 Å². The molecule has 5 heteroatoms. The Bertz CT molecular complexity index is 601. The fourth-order valence-corrected chi connectivity index (χ4v) is 3.69. The van der Waals surface area contributed by atoms with Crippen molar-refractivity contribution >= 4 is 73.3 Å². The maximum atomic E-state index is 6.51. The highest BCUT2D eigenvalue weighted by Crippen LogP contribution is 2.32. The Morgan fingerprint density at radius 3 is 2.47 bits per heavy atom. The van der Waals surface area contributed by atoms with E-state index in [9.17, 15) is 0 Å². The zero-order chi connectivity index (χ0) is 14.0. The zero-order valence-corrected chi connectivity index (χ0v) is 15.6. The molecule has 0 spiro atoms. The maximum absolute atomic E-state index is 6.51. The van der Waals surface area contributed by atoms with Crippen molar-refractivity contribution in [3.8, 4) is 0 Å². The van der Waals surface area contributed by atoms with Crippen LogP contribution in [0.4, 0.5) is 0 Å². The molecule has 0 heterocycles. The van der Waals surface area contributed by atoms with Gasteiger partial charge >= 0.3 is 0 Å². The molecule has 0 fully saturated rings. The molecule has 0 saturated carbocycles. The van der Waals surface area contributed by atoms with E-state index in [0.29, 0.717) is 16.5 Å². The maximum Gasteiger partial charge on any atom is 0.0636 e. The molecule has 0 aliphatic carbocycles. The predicted molar refractivity (Wildman–Crippen MR) is 95.6 cm³/mol. The Hall–Kier alpha value is 0.520. The Kier molecular flexibility index (Phi) is 5.85. The lowest BCUT2D eigenvalue weighted by Crippen LogP contribution is -1.98. The number of alkyl halides is 1. The summed E-state index contributed by atoms with van der Waals surface area (Å²) in [5, 5.41) is 1.03. The summed E-state index contributed by atoms with van der Waals surface area (Å²) in [5.41, 5.74) is 2.19. The normalized spacial score (nSPS) is 12.5. The smallest absolute Gasteiger partial charge is 0.0636 e. The standard InChI is InChI=1S/C14H9BrCl3I/c15-9-2-4-14(19)10(7-9)12(17)5-8-1-3-11(16)13(18)6-8/h1-4,6-7,12H,5H2. The summed E-state index contributed by atoms with van der Waals surface area (Å²) >= 11 is 24.2. The van der Waals surface area contributed by atoms with Crippen molar-refractivity contribution in [1.82, 2.24) is 0 Å². The van der Waals surface area contributed by atoms with Crippen molar-refractivity contribution in [1.29, 1.82) is 0 Å². The molecule has 2 aromatic rings. The van der Waals surface area contributed by atoms with Crippen LogP contribution in [0.1, 0.15) is 16.5 Å². The highest BCUT2D eigenvalue weighted by Gasteiger charge is 2.13. The first-order valence-corrected chi connectivity index (χ1v) is 8.56. The summed E-state index contributed by atoms with van der Waals surface area (Å²) in [6, 6.07) is 11.7. The minimum atomic E-state index is -0.0957. The van der Waals surface area contributed by atoms with Crippen molar-refractivity contribution in [2.45, 2.75) is 11.8 Å². The Balaban J connectivity index is 2.22. The quantitative estimate of drug-likeness (QED) is 0.325. The largest absolute Gasteiger partial charge is 0.117 e. The minimum Gasteiger partial charge on any atom is -0.117 e. The predicted octanol–water partition coefficient (Wildman–Crippen LogP) is 6.88. The molecular weight excluding hydrogens is 481 g/mol. The molecule has 0 bridgehead atoms. The van der Waals surface area contributed by atoms with Crippen molar-refractivity contribution < 1.29 is 0 Å². The molecule has 2 aromatic carbocycles. The van der Waals surface area contributed by atoms with Gasteiger partial charge in [0.1, 0.15) is 0 Å². The first kappa shape index (κ1) is 15.9. The van der Waals surface area contributed by atoms with E-state index in [1.54, 1.807) is 6.07 Å². The molecular formula is C14H9BrCl3I. The van der Waals surface area contributed by atoms with Gasteiger partial charge in [0.05, 0.1) is 15.4 Å². The lowest BCUT2D eigenvalue weighted by atomic mass is 10.0. The number of halogens is 5. The first-order chi connectivity index (χ1) is 8.97. The molecule has 1 atom stereocenters. The van der Waals surface area contributed by atoms with Crippen molar-refractivity contribution in [3.63, 3.8) is 0 Å². The summed E-state index contributed by atoms with van der Waals surface area (Å²) in [7, 11) is 0. The van der Waals surface area contributed by atoms with Crippen LogP contribution in [0.5, 0.6) is 0 Å². The van der Waals surface area contributed by atoms with Crippen LogP contribution in [0.15, 0.2) is 40.9 Å². The molecule has 0 aromatic heterocycles. The third kappa shape index (κ3) is 4.24. The summed E-state index contributed by atoms with van der Waals surface area (Å²) in [5.74, 6) is 0. The SMILES string of the molecule is Clc1ccc(CC(Cl)c2cc(Br)ccc2I)cc1Cl. The van der Waals surface area contributed by atoms with Gasteiger partial charge in [-0.1, -0.05) is 45.2 Å². The van der Waals surface area contributed by atoms with Crippen LogP contribution in [0.25, 0.3) is 0 Å². The van der Waals surface area contributed by atoms with Gasteiger partial charge in [0, 0.05) is 8.04 Å². The van der Waals surface area contributed by atoms with E-state index < -0.39 is 0 Å². The van der Waals surface area contributed by atoms with E-state index in [1.807, 2.05) is 24.3 Å². The molecule has 2 rings (SSSR count). The average Bonchev–Trinajstić information content (AvgIpc) is 2.36. The topological polar surface area (TPSA) is 0 Å². The van der Waals surface area contributed by atoms with E-state index in [1.165, 1.54) is 0 Å². The zero-order valence-electron chi connectivity index (χ0n) is 9.64. The molecule has 100 valence electrons. The van der Waals surface area contributed by atoms with Gasteiger partial charge < -0.3 is 0 Å². The third-order valence-corrected chi connectivity index (χ3v) is 5.30. The summed E-state index contributed by atoms with van der Waals surface area (Å²) in [6.45, 7) is 0. The molecule has 0 nitrogen and oxygen atoms in total. The fourth-order valence-electron chi connectivity index (χ4n) is 1.74. The highest BCUT2D eigenvalue weighted by atomic mass is 127. The van der Waals surface area contributed by atoms with Crippen LogP contribution in [-0.4, -0.2) is 0 Å². The number of hydrogen-bond acceptors (Lipinski definition) is 0. The number of benzene rings is 2. The Morgan fingerprint density at radius 2 is 1.79 bits per heavy atom. The van der Waals surface area contributed by atoms with E-state index in [4.69, 9.17) is 34.8 Å². The van der Waals surface area contributed by atoms with Gasteiger partial charge in [-0.25, -0.2) is 0 Å². The average molecular weight is 490 g/mol. The van der Waals surface area contributed by atoms with Crippen LogP contribution in [0, 0.1) is 3.57 Å². The van der Waals surface area contributed by atoms with Crippen molar-refractivity contribution in [3.05, 3.63) is 65.6 Å². The Morgan fingerprint density at radius 1 is 1.05 bits per heavy atom. The number of rotatable bonds is 3. The summed E-state index contributed by atoms with van der Waals surface area (Å²) < 4.78 is 2.18. The van der Waals surface area contributed by atoms with Crippen LogP contribution in [-0.2, 0) is 6.42 Å². The molecule has 0 radical (unpaired) electrons. The first-order valence-electron chi connectivity index (χ1n) is 5.50. The van der Waals surface area contributed by atoms with Crippen LogP contribution < -0.4 is 0 Å². The van der Waals surface area contributed by atoms with Crippen molar-refractivity contribution in [2.24, 2.45) is 0 Å². The van der Waals surface area contributed by atoms with Gasteiger partial charge in [-0.3, -0.25) is 0 Å². The second-order valence-electron chi connectivity index (χ2n) is 4.09. The summed E-state index contributed by atoms with van der Waals surface area (Å²) in [4.78, 5) is 0. The Labute approximate surface area is 149 Å². The van der Waals surface area contributed by atoms with Gasteiger partial charge in [0.25, 0.3) is 0 Å². The van der Waals surface area contributed by atoms with E-state index in [-0.39, 0.29) is 5.38 Å². The van der Waals surface area contributed by atoms with Gasteiger partial charge in [-0.2, -0.15) is 0 Å². The monoisotopic (exact) mass is 488 g/mol. The second kappa shape index (κ2) is 6.99. The molecule has 0 amide bonds. The molecule has 0 aliphatic rings. The van der Waals surface area contributed by atoms with Crippen LogP contribution in [0.2, 0.25) is 10.0 Å². The molecule has 0 saturated heterocycles. The molecule has 19 heavy (non-hydrogen) atoms. The number of hydrogen-bond donors (Lipinski definition) is 0. The van der Waals surface area contributed by atoms with E-state index >= 15 is 0 Å². The molecule has 0 N–H and O–H groups in total. The minimum absolute atomic E-state index is 0.0957. The second-order valence-corrected chi connectivity index (χ2v) is 7.51. The van der Waals surface area contributed by atoms with Crippen molar-refractivity contribution in [2.75, 3.05) is 0 Å². The van der Waals surface area contributed by atoms with Gasteiger partial charge in [0.2, 0.25) is 0 Å². The van der Waals surface area contributed by atoms with Gasteiger partial charge in [-0.15, -0.1) is 11.6 Å². The fraction of sp³-hybridized carbons (Fsp3) is 0.143. The van der Waals surface area contributed by atoms with Crippen LogP contribution in [0.3, 0.4) is 0 Å². The highest BCUT2D eigenvalue weighted by molar-refractivity contribution is 14.1. The molecule has 0 aliphatic heterocycles. The van der Waals surface area contributed by atoms with E-state index in [0.717, 1.165) is 19.2 Å². The van der Waals surface area contributed by atoms with Gasteiger partial charge in [0.15, 0.2) is 0 Å². The lowest BCUT2D eigenvalue weighted by molar-refractivity contribution is 0.913. The van der Waals surface area contributed by atoms with E-state index in [2.05, 4.69) is 44.6 Å². The van der Waals surface area contributed by atoms with Crippen LogP contribution >= 0.6 is 73.3 Å². The summed E-state index contributed by atoms with van der Waals surface area (Å²) in [6.07, 6.45) is 0.713. The lowest BCUT2D eigenvalue weighted by Gasteiger charge is -2.13. The third-order valence-electron chi connectivity index (χ3n) is 2.69.